The summed E-state index contributed by atoms with van der Waals surface area (Å²) in [5.74, 6) is -2.57. The highest BCUT2D eigenvalue weighted by atomic mass is 16.7. The van der Waals surface area contributed by atoms with Crippen LogP contribution in [0.25, 0.3) is 11.3 Å². The minimum Gasteiger partial charge on any atom is -0.436 e. The molecule has 1 aliphatic heterocycles. The lowest BCUT2D eigenvalue weighted by atomic mass is 10.1. The van der Waals surface area contributed by atoms with Gasteiger partial charge in [-0.25, -0.2) is 9.78 Å². The quantitative estimate of drug-likeness (QED) is 0.684. The van der Waals surface area contributed by atoms with Crippen LogP contribution in [0.1, 0.15) is 31.3 Å². The molecule has 0 saturated carbocycles. The van der Waals surface area contributed by atoms with Gasteiger partial charge in [-0.15, -0.1) is 0 Å². The largest absolute Gasteiger partial charge is 0.436 e. The maximum Gasteiger partial charge on any atom is 0.401 e. The first-order chi connectivity index (χ1) is 12.2. The molecule has 2 amide bonds. The number of hydrogen-bond acceptors (Lipinski definition) is 6. The summed E-state index contributed by atoms with van der Waals surface area (Å²) >= 11 is 0. The van der Waals surface area contributed by atoms with E-state index in [1.807, 2.05) is 6.07 Å². The van der Waals surface area contributed by atoms with E-state index < -0.39 is 17.8 Å². The van der Waals surface area contributed by atoms with Gasteiger partial charge in [0.05, 0.1) is 11.1 Å². The smallest absolute Gasteiger partial charge is 0.401 e. The molecule has 4 rings (SSSR count). The maximum absolute atomic E-state index is 12.4. The Morgan fingerprint density at radius 3 is 2.16 bits per heavy atom. The molecule has 0 radical (unpaired) electrons. The first-order valence-corrected chi connectivity index (χ1v) is 7.36. The molecule has 2 heterocycles. The third-order valence-corrected chi connectivity index (χ3v) is 3.73. The minimum atomic E-state index is -0.981. The number of carbonyl (C=O) groups excluding carboxylic acids is 3. The summed E-state index contributed by atoms with van der Waals surface area (Å²) in [7, 11) is 0. The van der Waals surface area contributed by atoms with Crippen LogP contribution >= 0.6 is 0 Å². The van der Waals surface area contributed by atoms with Crippen molar-refractivity contribution in [2.45, 2.75) is 0 Å². The number of imide groups is 1. The molecule has 1 aliphatic rings. The second kappa shape index (κ2) is 5.72. The molecule has 0 unspecified atom stereocenters. The number of carbonyl (C=O) groups is 3. The Hall–Kier alpha value is -3.74. The first-order valence-electron chi connectivity index (χ1n) is 7.36. The Kier molecular flexibility index (Phi) is 3.39. The summed E-state index contributed by atoms with van der Waals surface area (Å²) in [6.45, 7) is 0. The van der Waals surface area contributed by atoms with Crippen molar-refractivity contribution in [2.24, 2.45) is 0 Å². The van der Waals surface area contributed by atoms with Crippen molar-refractivity contribution in [3.05, 3.63) is 77.9 Å². The fraction of sp³-hybridized carbons (Fsp3) is 0. The fourth-order valence-corrected chi connectivity index (χ4v) is 2.57. The van der Waals surface area contributed by atoms with Crippen LogP contribution in [0.5, 0.6) is 0 Å². The van der Waals surface area contributed by atoms with Crippen LogP contribution in [0.3, 0.4) is 0 Å². The van der Waals surface area contributed by atoms with Crippen LogP contribution in [0.2, 0.25) is 0 Å². The Morgan fingerprint density at radius 2 is 1.52 bits per heavy atom. The second-order valence-electron chi connectivity index (χ2n) is 5.23. The number of hydroxylamine groups is 2. The molecule has 1 aromatic heterocycles. The molecular weight excluding hydrogens is 324 g/mol. The monoisotopic (exact) mass is 334 g/mol. The predicted octanol–water partition coefficient (Wildman–Crippen LogP) is 2.71. The molecule has 0 saturated heterocycles. The van der Waals surface area contributed by atoms with E-state index in [9.17, 15) is 14.4 Å². The molecule has 7 heteroatoms. The third kappa shape index (κ3) is 2.38. The highest BCUT2D eigenvalue weighted by Gasteiger charge is 2.39. The lowest BCUT2D eigenvalue weighted by Crippen LogP contribution is -2.32. The normalized spacial score (nSPS) is 13.0. The van der Waals surface area contributed by atoms with Crippen molar-refractivity contribution >= 4 is 17.8 Å². The van der Waals surface area contributed by atoms with E-state index in [-0.39, 0.29) is 22.6 Å². The van der Waals surface area contributed by atoms with Crippen LogP contribution in [-0.4, -0.2) is 27.8 Å². The average molecular weight is 334 g/mol. The molecule has 0 aliphatic carbocycles. The highest BCUT2D eigenvalue weighted by Crippen LogP contribution is 2.26. The summed E-state index contributed by atoms with van der Waals surface area (Å²) in [5.41, 5.74) is 1.27. The van der Waals surface area contributed by atoms with Crippen molar-refractivity contribution in [1.29, 1.82) is 0 Å². The summed E-state index contributed by atoms with van der Waals surface area (Å²) < 4.78 is 5.10. The van der Waals surface area contributed by atoms with Crippen molar-refractivity contribution in [2.75, 3.05) is 0 Å². The molecule has 3 aromatic rings. The zero-order valence-electron chi connectivity index (χ0n) is 12.7. The number of fused-ring (bicyclic) bond motifs is 1. The standard InChI is InChI=1S/C18H10N2O5/c21-16-12-8-4-5-9-13(12)17(22)20(16)25-18(23)15-14(19-10-24-15)11-6-2-1-3-7-11/h1-10H. The lowest BCUT2D eigenvalue weighted by molar-refractivity contribution is -0.0602. The maximum atomic E-state index is 12.4. The third-order valence-electron chi connectivity index (χ3n) is 3.73. The van der Waals surface area contributed by atoms with E-state index in [1.165, 1.54) is 12.1 Å². The van der Waals surface area contributed by atoms with Crippen LogP contribution < -0.4 is 0 Å². The number of oxazole rings is 1. The van der Waals surface area contributed by atoms with Gasteiger partial charge in [-0.3, -0.25) is 9.59 Å². The average Bonchev–Trinajstić information content (AvgIpc) is 3.23. The van der Waals surface area contributed by atoms with Crippen LogP contribution in [0.15, 0.2) is 65.4 Å². The number of amides is 2. The SMILES string of the molecule is O=C(ON1C(=O)c2ccccc2C1=O)c1ocnc1-c1ccccc1. The zero-order valence-corrected chi connectivity index (χ0v) is 12.7. The van der Waals surface area contributed by atoms with Crippen molar-refractivity contribution in [1.82, 2.24) is 10.0 Å². The highest BCUT2D eigenvalue weighted by molar-refractivity contribution is 6.21. The Balaban J connectivity index is 1.62. The predicted molar refractivity (Wildman–Crippen MR) is 84.3 cm³/mol. The molecule has 0 atom stereocenters. The van der Waals surface area contributed by atoms with Crippen molar-refractivity contribution in [3.63, 3.8) is 0 Å². The van der Waals surface area contributed by atoms with Crippen LogP contribution in [0.4, 0.5) is 0 Å². The van der Waals surface area contributed by atoms with Gasteiger partial charge >= 0.3 is 5.97 Å². The van der Waals surface area contributed by atoms with Gasteiger partial charge < -0.3 is 9.25 Å². The summed E-state index contributed by atoms with van der Waals surface area (Å²) in [6.07, 6.45) is 1.10. The van der Waals surface area contributed by atoms with Crippen LogP contribution in [0, 0.1) is 0 Å². The van der Waals surface area contributed by atoms with Gasteiger partial charge in [0.1, 0.15) is 5.69 Å². The first kappa shape index (κ1) is 14.8. The van der Waals surface area contributed by atoms with Gasteiger partial charge in [0, 0.05) is 5.56 Å². The number of benzene rings is 2. The topological polar surface area (TPSA) is 89.7 Å². The molecule has 25 heavy (non-hydrogen) atoms. The molecule has 122 valence electrons. The van der Waals surface area contributed by atoms with Gasteiger partial charge in [-0.1, -0.05) is 47.5 Å². The molecule has 0 bridgehead atoms. The Bertz CT molecular complexity index is 958. The van der Waals surface area contributed by atoms with E-state index in [4.69, 9.17) is 9.25 Å². The van der Waals surface area contributed by atoms with Gasteiger partial charge in [0.15, 0.2) is 6.39 Å². The minimum absolute atomic E-state index is 0.182. The number of nitrogens with zero attached hydrogens (tertiary/aromatic N) is 2. The van der Waals surface area contributed by atoms with E-state index in [0.29, 0.717) is 10.6 Å². The van der Waals surface area contributed by atoms with Crippen molar-refractivity contribution in [3.8, 4) is 11.3 Å². The summed E-state index contributed by atoms with van der Waals surface area (Å²) in [6, 6.07) is 15.1. The molecule has 7 nitrogen and oxygen atoms in total. The molecule has 0 N–H and O–H groups in total. The second-order valence-corrected chi connectivity index (χ2v) is 5.23. The molecular formula is C18H10N2O5. The van der Waals surface area contributed by atoms with E-state index in [1.54, 1.807) is 36.4 Å². The zero-order chi connectivity index (χ0) is 17.4. The molecule has 0 fully saturated rings. The van der Waals surface area contributed by atoms with Gasteiger partial charge in [-0.2, -0.15) is 0 Å². The van der Waals surface area contributed by atoms with Gasteiger partial charge in [-0.05, 0) is 12.1 Å². The number of rotatable bonds is 3. The lowest BCUT2D eigenvalue weighted by Gasteiger charge is -2.11. The van der Waals surface area contributed by atoms with Crippen molar-refractivity contribution < 1.29 is 23.6 Å². The molecule has 2 aromatic carbocycles. The Morgan fingerprint density at radius 1 is 0.920 bits per heavy atom. The van der Waals surface area contributed by atoms with E-state index >= 15 is 0 Å². The van der Waals surface area contributed by atoms with E-state index in [0.717, 1.165) is 6.39 Å². The van der Waals surface area contributed by atoms with E-state index in [2.05, 4.69) is 4.98 Å². The van der Waals surface area contributed by atoms with Gasteiger partial charge in [0.25, 0.3) is 11.8 Å². The number of aromatic nitrogens is 1. The fourth-order valence-electron chi connectivity index (χ4n) is 2.57. The summed E-state index contributed by atoms with van der Waals surface area (Å²) in [5, 5.41) is 0.435. The summed E-state index contributed by atoms with van der Waals surface area (Å²) in [4.78, 5) is 45.9. The van der Waals surface area contributed by atoms with Gasteiger partial charge in [0.2, 0.25) is 5.76 Å². The molecule has 0 spiro atoms. The number of hydrogen-bond donors (Lipinski definition) is 0. The Labute approximate surface area is 141 Å². The van der Waals surface area contributed by atoms with Crippen LogP contribution in [-0.2, 0) is 4.84 Å².